The molecule has 0 aromatic carbocycles. The minimum atomic E-state index is -0.0381. The highest BCUT2D eigenvalue weighted by atomic mass is 35.5. The largest absolute Gasteiger partial charge is 0.378 e. The second-order valence-corrected chi connectivity index (χ2v) is 5.15. The fourth-order valence-electron chi connectivity index (χ4n) is 2.37. The lowest BCUT2D eigenvalue weighted by molar-refractivity contribution is 0.0146. The fourth-order valence-corrected chi connectivity index (χ4v) is 2.56. The zero-order valence-electron chi connectivity index (χ0n) is 11.9. The number of halogens is 1. The number of amides is 1. The molecule has 2 rings (SSSR count). The van der Waals surface area contributed by atoms with Crippen molar-refractivity contribution in [1.29, 1.82) is 0 Å². The van der Waals surface area contributed by atoms with Gasteiger partial charge in [0.15, 0.2) is 0 Å². The molecule has 0 atom stereocenters. The maximum absolute atomic E-state index is 12.5. The molecule has 0 saturated carbocycles. The van der Waals surface area contributed by atoms with Gasteiger partial charge in [0.1, 0.15) is 5.82 Å². The first-order valence-corrected chi connectivity index (χ1v) is 7.27. The molecule has 1 saturated heterocycles. The third kappa shape index (κ3) is 3.41. The number of likely N-dealkylation sites (tertiary alicyclic amines) is 1. The van der Waals surface area contributed by atoms with Gasteiger partial charge in [0, 0.05) is 32.9 Å². The van der Waals surface area contributed by atoms with Gasteiger partial charge in [-0.25, -0.2) is 4.98 Å². The highest BCUT2D eigenvalue weighted by molar-refractivity contribution is 6.33. The molecule has 1 aromatic heterocycles. The van der Waals surface area contributed by atoms with Crippen LogP contribution < -0.4 is 5.32 Å². The number of carbonyl (C=O) groups is 1. The van der Waals surface area contributed by atoms with Gasteiger partial charge in [0.05, 0.1) is 16.7 Å². The number of nitrogens with one attached hydrogen (secondary N) is 1. The maximum Gasteiger partial charge on any atom is 0.255 e. The zero-order valence-corrected chi connectivity index (χ0v) is 12.6. The Morgan fingerprint density at radius 1 is 1.55 bits per heavy atom. The number of anilines is 1. The highest BCUT2D eigenvalue weighted by Crippen LogP contribution is 2.22. The van der Waals surface area contributed by atoms with E-state index in [1.54, 1.807) is 13.1 Å². The smallest absolute Gasteiger partial charge is 0.255 e. The molecule has 0 radical (unpaired) electrons. The van der Waals surface area contributed by atoms with Crippen LogP contribution in [0.25, 0.3) is 0 Å². The van der Waals surface area contributed by atoms with Crippen molar-refractivity contribution < 1.29 is 9.53 Å². The van der Waals surface area contributed by atoms with Crippen LogP contribution in [-0.2, 0) is 4.74 Å². The Balaban J connectivity index is 2.05. The average molecular weight is 298 g/mol. The van der Waals surface area contributed by atoms with Gasteiger partial charge in [-0.3, -0.25) is 4.79 Å². The first-order valence-electron chi connectivity index (χ1n) is 6.89. The SMILES string of the molecule is CCOC1CCN(C(=O)c2cc(NC)ncc2Cl)CC1. The number of hydrogen-bond acceptors (Lipinski definition) is 4. The second-order valence-electron chi connectivity index (χ2n) is 4.75. The van der Waals surface area contributed by atoms with E-state index in [4.69, 9.17) is 16.3 Å². The molecule has 1 aliphatic rings. The van der Waals surface area contributed by atoms with Crippen molar-refractivity contribution in [2.75, 3.05) is 32.1 Å². The van der Waals surface area contributed by atoms with E-state index in [0.717, 1.165) is 19.4 Å². The van der Waals surface area contributed by atoms with E-state index in [1.165, 1.54) is 6.20 Å². The summed E-state index contributed by atoms with van der Waals surface area (Å²) in [7, 11) is 1.76. The summed E-state index contributed by atoms with van der Waals surface area (Å²) in [5, 5.41) is 3.31. The molecule has 2 heterocycles. The lowest BCUT2D eigenvalue weighted by Gasteiger charge is -2.32. The topological polar surface area (TPSA) is 54.5 Å². The van der Waals surface area contributed by atoms with E-state index in [-0.39, 0.29) is 12.0 Å². The molecule has 20 heavy (non-hydrogen) atoms. The van der Waals surface area contributed by atoms with Crippen molar-refractivity contribution in [2.45, 2.75) is 25.9 Å². The minimum Gasteiger partial charge on any atom is -0.378 e. The summed E-state index contributed by atoms with van der Waals surface area (Å²) in [5.41, 5.74) is 0.501. The van der Waals surface area contributed by atoms with Gasteiger partial charge in [0.2, 0.25) is 0 Å². The van der Waals surface area contributed by atoms with Gasteiger partial charge in [0.25, 0.3) is 5.91 Å². The molecule has 1 aliphatic heterocycles. The van der Waals surface area contributed by atoms with Gasteiger partial charge < -0.3 is 15.0 Å². The molecule has 0 aliphatic carbocycles. The van der Waals surface area contributed by atoms with Crippen LogP contribution in [0.1, 0.15) is 30.1 Å². The molecule has 110 valence electrons. The predicted octanol–water partition coefficient (Wildman–Crippen LogP) is 2.42. The summed E-state index contributed by atoms with van der Waals surface area (Å²) in [6.07, 6.45) is 3.53. The van der Waals surface area contributed by atoms with Crippen molar-refractivity contribution in [3.8, 4) is 0 Å². The number of nitrogens with zero attached hydrogens (tertiary/aromatic N) is 2. The van der Waals surface area contributed by atoms with Gasteiger partial charge in [-0.1, -0.05) is 11.6 Å². The Bertz CT molecular complexity index is 473. The van der Waals surface area contributed by atoms with Crippen molar-refractivity contribution in [2.24, 2.45) is 0 Å². The van der Waals surface area contributed by atoms with Gasteiger partial charge in [-0.2, -0.15) is 0 Å². The average Bonchev–Trinajstić information content (AvgIpc) is 2.48. The summed E-state index contributed by atoms with van der Waals surface area (Å²) >= 11 is 6.08. The molecule has 5 nitrogen and oxygen atoms in total. The van der Waals surface area contributed by atoms with Crippen molar-refractivity contribution in [3.63, 3.8) is 0 Å². The van der Waals surface area contributed by atoms with Crippen molar-refractivity contribution in [1.82, 2.24) is 9.88 Å². The number of piperidine rings is 1. The Labute approximate surface area is 124 Å². The van der Waals surface area contributed by atoms with Crippen LogP contribution in [-0.4, -0.2) is 48.6 Å². The molecule has 1 fully saturated rings. The third-order valence-electron chi connectivity index (χ3n) is 3.47. The summed E-state index contributed by atoms with van der Waals surface area (Å²) < 4.78 is 5.59. The maximum atomic E-state index is 12.5. The first-order chi connectivity index (χ1) is 9.65. The van der Waals surface area contributed by atoms with E-state index in [9.17, 15) is 4.79 Å². The molecule has 6 heteroatoms. The molecule has 1 amide bonds. The highest BCUT2D eigenvalue weighted by Gasteiger charge is 2.25. The minimum absolute atomic E-state index is 0.0381. The molecular formula is C14H20ClN3O2. The van der Waals surface area contributed by atoms with Crippen LogP contribution in [0.5, 0.6) is 0 Å². The van der Waals surface area contributed by atoms with Crippen LogP contribution in [0.3, 0.4) is 0 Å². The molecule has 0 bridgehead atoms. The van der Waals surface area contributed by atoms with Crippen LogP contribution in [0, 0.1) is 0 Å². The van der Waals surface area contributed by atoms with E-state index in [2.05, 4.69) is 10.3 Å². The molecule has 0 spiro atoms. The standard InChI is InChI=1S/C14H20ClN3O2/c1-3-20-10-4-6-18(7-5-10)14(19)11-8-13(16-2)17-9-12(11)15/h8-10H,3-7H2,1-2H3,(H,16,17). The van der Waals surface area contributed by atoms with E-state index in [1.807, 2.05) is 11.8 Å². The molecular weight excluding hydrogens is 278 g/mol. The van der Waals surface area contributed by atoms with E-state index < -0.39 is 0 Å². The number of pyridine rings is 1. The van der Waals surface area contributed by atoms with Crippen LogP contribution in [0.15, 0.2) is 12.3 Å². The number of carbonyl (C=O) groups excluding carboxylic acids is 1. The fraction of sp³-hybridized carbons (Fsp3) is 0.571. The quantitative estimate of drug-likeness (QED) is 0.927. The second kappa shape index (κ2) is 6.90. The lowest BCUT2D eigenvalue weighted by Crippen LogP contribution is -2.41. The molecule has 1 N–H and O–H groups in total. The monoisotopic (exact) mass is 297 g/mol. The van der Waals surface area contributed by atoms with Gasteiger partial charge in [-0.15, -0.1) is 0 Å². The molecule has 1 aromatic rings. The van der Waals surface area contributed by atoms with Crippen LogP contribution >= 0.6 is 11.6 Å². The van der Waals surface area contributed by atoms with Gasteiger partial charge >= 0.3 is 0 Å². The number of aromatic nitrogens is 1. The normalized spacial score (nSPS) is 16.2. The molecule has 0 unspecified atom stereocenters. The third-order valence-corrected chi connectivity index (χ3v) is 3.77. The van der Waals surface area contributed by atoms with Crippen molar-refractivity contribution in [3.05, 3.63) is 22.8 Å². The zero-order chi connectivity index (χ0) is 14.5. The summed E-state index contributed by atoms with van der Waals surface area (Å²) in [5.74, 6) is 0.603. The van der Waals surface area contributed by atoms with Crippen LogP contribution in [0.2, 0.25) is 5.02 Å². The Morgan fingerprint density at radius 3 is 2.85 bits per heavy atom. The van der Waals surface area contributed by atoms with E-state index >= 15 is 0 Å². The number of hydrogen-bond donors (Lipinski definition) is 1. The van der Waals surface area contributed by atoms with Crippen LogP contribution in [0.4, 0.5) is 5.82 Å². The number of rotatable bonds is 4. The predicted molar refractivity (Wildman–Crippen MR) is 79.3 cm³/mol. The summed E-state index contributed by atoms with van der Waals surface area (Å²) in [6, 6.07) is 1.69. The van der Waals surface area contributed by atoms with Gasteiger partial charge in [-0.05, 0) is 25.8 Å². The first kappa shape index (κ1) is 15.1. The Morgan fingerprint density at radius 2 is 2.25 bits per heavy atom. The Hall–Kier alpha value is -1.33. The Kier molecular flexibility index (Phi) is 5.20. The summed E-state index contributed by atoms with van der Waals surface area (Å²) in [6.45, 7) is 4.13. The summed E-state index contributed by atoms with van der Waals surface area (Å²) in [4.78, 5) is 18.4. The van der Waals surface area contributed by atoms with Crippen molar-refractivity contribution >= 4 is 23.3 Å². The van der Waals surface area contributed by atoms with E-state index in [0.29, 0.717) is 29.5 Å². The number of ether oxygens (including phenoxy) is 1. The lowest BCUT2D eigenvalue weighted by atomic mass is 10.1.